The van der Waals surface area contributed by atoms with E-state index in [-0.39, 0.29) is 5.91 Å². The van der Waals surface area contributed by atoms with Crippen molar-refractivity contribution in [2.45, 2.75) is 20.5 Å². The zero-order valence-electron chi connectivity index (χ0n) is 21.2. The molecule has 0 spiro atoms. The number of hydrogen-bond donors (Lipinski definition) is 0. The normalized spacial score (nSPS) is 15.5. The van der Waals surface area contributed by atoms with Gasteiger partial charge in [0.15, 0.2) is 16.7 Å². The number of amidine groups is 1. The van der Waals surface area contributed by atoms with Crippen LogP contribution in [0, 0.1) is 0 Å². The van der Waals surface area contributed by atoms with Crippen LogP contribution in [0.1, 0.15) is 25.0 Å². The van der Waals surface area contributed by atoms with Gasteiger partial charge in [-0.1, -0.05) is 41.9 Å². The molecule has 0 atom stereocenters. The highest BCUT2D eigenvalue weighted by atomic mass is 79.9. The van der Waals surface area contributed by atoms with Crippen LogP contribution < -0.4 is 9.47 Å². The molecule has 0 aromatic heterocycles. The monoisotopic (exact) mass is 614 g/mol. The number of carbonyl (C=O) groups excluding carboxylic acids is 1. The van der Waals surface area contributed by atoms with E-state index < -0.39 is 0 Å². The molecular formula is C29H28BrClN2O4S. The van der Waals surface area contributed by atoms with Crippen molar-refractivity contribution in [2.75, 3.05) is 26.4 Å². The summed E-state index contributed by atoms with van der Waals surface area (Å²) >= 11 is 11.0. The molecule has 1 heterocycles. The van der Waals surface area contributed by atoms with Crippen molar-refractivity contribution in [2.24, 2.45) is 4.99 Å². The van der Waals surface area contributed by atoms with Crippen LogP contribution in [0.4, 0.5) is 5.69 Å². The van der Waals surface area contributed by atoms with Crippen molar-refractivity contribution in [1.82, 2.24) is 4.90 Å². The summed E-state index contributed by atoms with van der Waals surface area (Å²) in [6, 6.07) is 20.9. The summed E-state index contributed by atoms with van der Waals surface area (Å²) in [4.78, 5) is 20.3. The van der Waals surface area contributed by atoms with Gasteiger partial charge in [0.2, 0.25) is 0 Å². The van der Waals surface area contributed by atoms with E-state index in [1.807, 2.05) is 86.7 Å². The predicted octanol–water partition coefficient (Wildman–Crippen LogP) is 7.72. The average Bonchev–Trinajstić information content (AvgIpc) is 3.19. The van der Waals surface area contributed by atoms with Crippen LogP contribution in [0.5, 0.6) is 11.5 Å². The first-order chi connectivity index (χ1) is 18.5. The van der Waals surface area contributed by atoms with Crippen LogP contribution in [0.15, 0.2) is 81.1 Å². The maximum Gasteiger partial charge on any atom is 0.266 e. The molecule has 3 aromatic rings. The number of benzene rings is 3. The number of amides is 1. The number of thioether (sulfide) groups is 1. The van der Waals surface area contributed by atoms with Gasteiger partial charge >= 0.3 is 0 Å². The van der Waals surface area contributed by atoms with Gasteiger partial charge in [-0.15, -0.1) is 0 Å². The molecule has 9 heteroatoms. The van der Waals surface area contributed by atoms with Gasteiger partial charge < -0.3 is 14.2 Å². The highest BCUT2D eigenvalue weighted by Crippen LogP contribution is 2.40. The number of para-hydroxylation sites is 1. The summed E-state index contributed by atoms with van der Waals surface area (Å²) in [5, 5.41) is 1.30. The summed E-state index contributed by atoms with van der Waals surface area (Å²) in [5.41, 5.74) is 2.58. The van der Waals surface area contributed by atoms with E-state index in [0.29, 0.717) is 59.6 Å². The lowest BCUT2D eigenvalue weighted by molar-refractivity contribution is -0.122. The molecule has 198 valence electrons. The van der Waals surface area contributed by atoms with Crippen LogP contribution in [0.2, 0.25) is 5.02 Å². The van der Waals surface area contributed by atoms with Gasteiger partial charge in [0, 0.05) is 11.6 Å². The van der Waals surface area contributed by atoms with E-state index in [4.69, 9.17) is 30.8 Å². The summed E-state index contributed by atoms with van der Waals surface area (Å²) in [6.45, 7) is 6.12. The molecule has 1 saturated heterocycles. The molecular weight excluding hydrogens is 588 g/mol. The maximum atomic E-state index is 13.4. The smallest absolute Gasteiger partial charge is 0.266 e. The Balaban J connectivity index is 1.60. The summed E-state index contributed by atoms with van der Waals surface area (Å²) in [6.07, 6.45) is 1.85. The molecule has 0 unspecified atom stereocenters. The Morgan fingerprint density at radius 1 is 1.03 bits per heavy atom. The summed E-state index contributed by atoms with van der Waals surface area (Å²) < 4.78 is 18.2. The number of aliphatic imine (C=N–C) groups is 1. The van der Waals surface area contributed by atoms with Crippen molar-refractivity contribution >= 4 is 62.1 Å². The van der Waals surface area contributed by atoms with Crippen LogP contribution in [0.3, 0.4) is 0 Å². The lowest BCUT2D eigenvalue weighted by Crippen LogP contribution is -2.32. The van der Waals surface area contributed by atoms with Gasteiger partial charge in [-0.2, -0.15) is 0 Å². The molecule has 6 nitrogen and oxygen atoms in total. The topological polar surface area (TPSA) is 60.4 Å². The van der Waals surface area contributed by atoms with Crippen molar-refractivity contribution in [3.63, 3.8) is 0 Å². The van der Waals surface area contributed by atoms with E-state index in [0.717, 1.165) is 21.3 Å². The van der Waals surface area contributed by atoms with E-state index in [1.165, 1.54) is 11.8 Å². The number of rotatable bonds is 11. The van der Waals surface area contributed by atoms with Gasteiger partial charge in [-0.3, -0.25) is 9.69 Å². The fourth-order valence-electron chi connectivity index (χ4n) is 3.66. The Labute approximate surface area is 240 Å². The minimum atomic E-state index is -0.110. The van der Waals surface area contributed by atoms with Gasteiger partial charge in [-0.05, 0) is 95.1 Å². The fourth-order valence-corrected chi connectivity index (χ4v) is 5.39. The molecule has 4 rings (SSSR count). The van der Waals surface area contributed by atoms with Gasteiger partial charge in [0.05, 0.1) is 34.8 Å². The fraction of sp³-hybridized carbons (Fsp3) is 0.241. The largest absolute Gasteiger partial charge is 0.490 e. The Kier molecular flexibility index (Phi) is 10.3. The van der Waals surface area contributed by atoms with Crippen molar-refractivity contribution in [3.8, 4) is 11.5 Å². The molecule has 1 aliphatic rings. The van der Waals surface area contributed by atoms with Crippen LogP contribution in [-0.2, 0) is 16.1 Å². The second-order valence-corrected chi connectivity index (χ2v) is 10.5. The first-order valence-corrected chi connectivity index (χ1v) is 14.2. The third-order valence-electron chi connectivity index (χ3n) is 5.46. The molecule has 0 aliphatic carbocycles. The molecule has 38 heavy (non-hydrogen) atoms. The molecule has 1 aliphatic heterocycles. The average molecular weight is 616 g/mol. The second kappa shape index (κ2) is 13.8. The van der Waals surface area contributed by atoms with Gasteiger partial charge in [-0.25, -0.2) is 4.99 Å². The summed E-state index contributed by atoms with van der Waals surface area (Å²) in [5.74, 6) is 1.07. The van der Waals surface area contributed by atoms with E-state index in [9.17, 15) is 4.79 Å². The molecule has 0 saturated carbocycles. The molecule has 0 radical (unpaired) electrons. The Morgan fingerprint density at radius 2 is 1.79 bits per heavy atom. The third-order valence-corrected chi connectivity index (χ3v) is 7.31. The molecule has 0 bridgehead atoms. The van der Waals surface area contributed by atoms with Crippen molar-refractivity contribution in [1.29, 1.82) is 0 Å². The second-order valence-electron chi connectivity index (χ2n) is 8.17. The molecule has 0 N–H and O–H groups in total. The van der Waals surface area contributed by atoms with Crippen LogP contribution in [0.25, 0.3) is 6.08 Å². The van der Waals surface area contributed by atoms with E-state index >= 15 is 0 Å². The number of carbonyl (C=O) groups is 1. The standard InChI is InChI=1S/C29H28BrClN2O4S/c1-3-35-15-14-33-28(34)26(38-29(33)32-23-8-6-5-7-9-23)18-21-16-24(30)27(25(17-21)36-4-2)37-19-20-10-12-22(31)13-11-20/h5-13,16-18H,3-4,14-15,19H2,1-2H3/b26-18-,32-29?. The third kappa shape index (κ3) is 7.41. The van der Waals surface area contributed by atoms with Gasteiger partial charge in [0.25, 0.3) is 5.91 Å². The quantitative estimate of drug-likeness (QED) is 0.163. The minimum absolute atomic E-state index is 0.110. The van der Waals surface area contributed by atoms with Gasteiger partial charge in [0.1, 0.15) is 6.61 Å². The highest BCUT2D eigenvalue weighted by molar-refractivity contribution is 9.10. The number of hydrogen-bond acceptors (Lipinski definition) is 6. The highest BCUT2D eigenvalue weighted by Gasteiger charge is 2.33. The number of ether oxygens (including phenoxy) is 3. The number of halogens is 2. The molecule has 1 amide bonds. The first-order valence-electron chi connectivity index (χ1n) is 12.2. The lowest BCUT2D eigenvalue weighted by Gasteiger charge is -2.15. The Bertz CT molecular complexity index is 1320. The van der Waals surface area contributed by atoms with Crippen molar-refractivity contribution < 1.29 is 19.0 Å². The molecule has 3 aromatic carbocycles. The zero-order valence-corrected chi connectivity index (χ0v) is 24.3. The lowest BCUT2D eigenvalue weighted by atomic mass is 10.1. The van der Waals surface area contributed by atoms with E-state index in [1.54, 1.807) is 4.90 Å². The molecule has 1 fully saturated rings. The zero-order chi connectivity index (χ0) is 26.9. The van der Waals surface area contributed by atoms with Crippen LogP contribution >= 0.6 is 39.3 Å². The maximum absolute atomic E-state index is 13.4. The summed E-state index contributed by atoms with van der Waals surface area (Å²) in [7, 11) is 0. The minimum Gasteiger partial charge on any atom is -0.490 e. The Hall–Kier alpha value is -2.78. The first kappa shape index (κ1) is 28.2. The predicted molar refractivity (Wildman–Crippen MR) is 158 cm³/mol. The van der Waals surface area contributed by atoms with E-state index in [2.05, 4.69) is 15.9 Å². The SMILES string of the molecule is CCOCCN1C(=O)/C(=C/c2cc(Br)c(OCc3ccc(Cl)cc3)c(OCC)c2)SC1=Nc1ccccc1. The Morgan fingerprint density at radius 3 is 2.50 bits per heavy atom. The number of nitrogens with zero attached hydrogens (tertiary/aromatic N) is 2. The van der Waals surface area contributed by atoms with Crippen molar-refractivity contribution in [3.05, 3.63) is 92.3 Å². The van der Waals surface area contributed by atoms with Crippen LogP contribution in [-0.4, -0.2) is 42.3 Å².